The van der Waals surface area contributed by atoms with Gasteiger partial charge in [0.1, 0.15) is 0 Å². The Labute approximate surface area is 94.1 Å². The van der Waals surface area contributed by atoms with E-state index in [0.29, 0.717) is 12.3 Å². The lowest BCUT2D eigenvalue weighted by molar-refractivity contribution is 0.0994. The molecule has 0 saturated carbocycles. The molecule has 1 aliphatic rings. The van der Waals surface area contributed by atoms with Gasteiger partial charge in [0.15, 0.2) is 5.78 Å². The van der Waals surface area contributed by atoms with Gasteiger partial charge in [0.05, 0.1) is 16.9 Å². The number of hydrogen-bond acceptors (Lipinski definition) is 2. The van der Waals surface area contributed by atoms with Crippen LogP contribution in [0.25, 0.3) is 10.9 Å². The Morgan fingerprint density at radius 3 is 3.00 bits per heavy atom. The number of carbonyl (C=O) groups is 1. The molecule has 82 valence electrons. The first kappa shape index (κ1) is 9.58. The van der Waals surface area contributed by atoms with Crippen molar-refractivity contribution in [3.8, 4) is 0 Å². The maximum absolute atomic E-state index is 11.7. The lowest BCUT2D eigenvalue weighted by Crippen LogP contribution is -1.95. The zero-order chi connectivity index (χ0) is 11.3. The van der Waals surface area contributed by atoms with Gasteiger partial charge in [0.2, 0.25) is 0 Å². The molecule has 0 radical (unpaired) electrons. The van der Waals surface area contributed by atoms with Gasteiger partial charge in [-0.15, -0.1) is 0 Å². The molecule has 0 saturated heterocycles. The predicted molar refractivity (Wildman–Crippen MR) is 62.8 cm³/mol. The van der Waals surface area contributed by atoms with E-state index in [4.69, 9.17) is 0 Å². The molecule has 2 aromatic heterocycles. The maximum atomic E-state index is 11.7. The average Bonchev–Trinajstić information content (AvgIpc) is 2.78. The smallest absolute Gasteiger partial charge is 0.181 e. The Morgan fingerprint density at radius 1 is 1.44 bits per heavy atom. The van der Waals surface area contributed by atoms with Gasteiger partial charge >= 0.3 is 0 Å². The molecule has 2 aromatic rings. The van der Waals surface area contributed by atoms with Gasteiger partial charge in [-0.05, 0) is 18.1 Å². The molecule has 0 unspecified atom stereocenters. The summed E-state index contributed by atoms with van der Waals surface area (Å²) in [5.41, 5.74) is 3.09. The van der Waals surface area contributed by atoms with Gasteiger partial charge < -0.3 is 4.57 Å². The predicted octanol–water partition coefficient (Wildman–Crippen LogP) is 2.75. The standard InChI is InChI=1S/C13H14N2O/c1-8(2)13-9-7-11-12(16)4-6-15(11)10(9)3-5-14-13/h3,5,7-8H,4,6H2,1-2H3. The van der Waals surface area contributed by atoms with Crippen molar-refractivity contribution in [1.82, 2.24) is 9.55 Å². The summed E-state index contributed by atoms with van der Waals surface area (Å²) in [6, 6.07) is 4.01. The number of fused-ring (bicyclic) bond motifs is 3. The van der Waals surface area contributed by atoms with E-state index in [1.54, 1.807) is 0 Å². The van der Waals surface area contributed by atoms with Gasteiger partial charge in [-0.2, -0.15) is 0 Å². The first-order valence-electron chi connectivity index (χ1n) is 5.70. The average molecular weight is 214 g/mol. The van der Waals surface area contributed by atoms with Crippen molar-refractivity contribution >= 4 is 16.7 Å². The van der Waals surface area contributed by atoms with E-state index in [0.717, 1.165) is 28.8 Å². The molecule has 0 spiro atoms. The van der Waals surface area contributed by atoms with E-state index < -0.39 is 0 Å². The largest absolute Gasteiger partial charge is 0.338 e. The minimum absolute atomic E-state index is 0.255. The summed E-state index contributed by atoms with van der Waals surface area (Å²) in [7, 11) is 0. The van der Waals surface area contributed by atoms with Crippen molar-refractivity contribution in [2.75, 3.05) is 0 Å². The van der Waals surface area contributed by atoms with Crippen LogP contribution in [0.4, 0.5) is 0 Å². The summed E-state index contributed by atoms with van der Waals surface area (Å²) < 4.78 is 2.12. The molecule has 0 aromatic carbocycles. The summed E-state index contributed by atoms with van der Waals surface area (Å²) in [6.45, 7) is 5.08. The van der Waals surface area contributed by atoms with Crippen LogP contribution in [0.5, 0.6) is 0 Å². The van der Waals surface area contributed by atoms with Crippen LogP contribution in [0.3, 0.4) is 0 Å². The fourth-order valence-corrected chi connectivity index (χ4v) is 2.48. The van der Waals surface area contributed by atoms with Gasteiger partial charge in [-0.3, -0.25) is 9.78 Å². The van der Waals surface area contributed by atoms with Crippen LogP contribution in [-0.2, 0) is 6.54 Å². The van der Waals surface area contributed by atoms with Gasteiger partial charge in [-0.1, -0.05) is 13.8 Å². The minimum Gasteiger partial charge on any atom is -0.338 e. The summed E-state index contributed by atoms with van der Waals surface area (Å²) in [4.78, 5) is 16.1. The number of rotatable bonds is 1. The van der Waals surface area contributed by atoms with E-state index in [1.165, 1.54) is 0 Å². The third-order valence-electron chi connectivity index (χ3n) is 3.26. The van der Waals surface area contributed by atoms with E-state index in [-0.39, 0.29) is 5.78 Å². The molecule has 0 fully saturated rings. The van der Waals surface area contributed by atoms with Crippen LogP contribution >= 0.6 is 0 Å². The molecule has 3 heteroatoms. The highest BCUT2D eigenvalue weighted by atomic mass is 16.1. The van der Waals surface area contributed by atoms with Crippen LogP contribution in [0.15, 0.2) is 18.3 Å². The van der Waals surface area contributed by atoms with Gasteiger partial charge in [0.25, 0.3) is 0 Å². The van der Waals surface area contributed by atoms with E-state index in [9.17, 15) is 4.79 Å². The third kappa shape index (κ3) is 1.14. The van der Waals surface area contributed by atoms with Crippen LogP contribution in [0.1, 0.15) is 42.4 Å². The fourth-order valence-electron chi connectivity index (χ4n) is 2.48. The van der Waals surface area contributed by atoms with Crippen LogP contribution in [0, 0.1) is 0 Å². The SMILES string of the molecule is CC(C)c1nccc2c1cc1n2CCC1=O. The number of ketones is 1. The molecule has 0 bridgehead atoms. The van der Waals surface area contributed by atoms with Crippen molar-refractivity contribution in [3.63, 3.8) is 0 Å². The van der Waals surface area contributed by atoms with Crippen molar-refractivity contribution in [1.29, 1.82) is 0 Å². The van der Waals surface area contributed by atoms with Gasteiger partial charge in [-0.25, -0.2) is 0 Å². The monoisotopic (exact) mass is 214 g/mol. The fraction of sp³-hybridized carbons (Fsp3) is 0.385. The Bertz CT molecular complexity index is 581. The van der Waals surface area contributed by atoms with Crippen molar-refractivity contribution in [2.24, 2.45) is 0 Å². The molecule has 16 heavy (non-hydrogen) atoms. The zero-order valence-corrected chi connectivity index (χ0v) is 9.53. The van der Waals surface area contributed by atoms with Crippen LogP contribution in [-0.4, -0.2) is 15.3 Å². The first-order valence-corrected chi connectivity index (χ1v) is 5.70. The highest BCUT2D eigenvalue weighted by Gasteiger charge is 2.23. The normalized spacial score (nSPS) is 15.1. The van der Waals surface area contributed by atoms with E-state index >= 15 is 0 Å². The van der Waals surface area contributed by atoms with E-state index in [1.807, 2.05) is 18.3 Å². The second-order valence-electron chi connectivity index (χ2n) is 4.64. The topological polar surface area (TPSA) is 34.9 Å². The molecule has 3 heterocycles. The summed E-state index contributed by atoms with van der Waals surface area (Å²) >= 11 is 0. The van der Waals surface area contributed by atoms with Crippen molar-refractivity contribution < 1.29 is 4.79 Å². The Morgan fingerprint density at radius 2 is 2.25 bits per heavy atom. The second-order valence-corrected chi connectivity index (χ2v) is 4.64. The Balaban J connectivity index is 2.35. The lowest BCUT2D eigenvalue weighted by atomic mass is 10.1. The molecule has 3 nitrogen and oxygen atoms in total. The summed E-state index contributed by atoms with van der Waals surface area (Å²) in [5, 5.41) is 1.14. The summed E-state index contributed by atoms with van der Waals surface area (Å²) in [6.07, 6.45) is 2.48. The third-order valence-corrected chi connectivity index (χ3v) is 3.26. The van der Waals surface area contributed by atoms with E-state index in [2.05, 4.69) is 23.4 Å². The van der Waals surface area contributed by atoms with Crippen LogP contribution < -0.4 is 0 Å². The van der Waals surface area contributed by atoms with Gasteiger partial charge in [0, 0.05) is 24.5 Å². The number of carbonyl (C=O) groups excluding carboxylic acids is 1. The summed E-state index contributed by atoms with van der Waals surface area (Å²) in [5.74, 6) is 0.646. The number of Topliss-reactive ketones (excluding diaryl/α,β-unsaturated/α-hetero) is 1. The maximum Gasteiger partial charge on any atom is 0.181 e. The van der Waals surface area contributed by atoms with Crippen molar-refractivity contribution in [2.45, 2.75) is 32.7 Å². The number of nitrogens with zero attached hydrogens (tertiary/aromatic N) is 2. The number of aromatic nitrogens is 2. The second kappa shape index (κ2) is 3.17. The minimum atomic E-state index is 0.255. The van der Waals surface area contributed by atoms with Crippen molar-refractivity contribution in [3.05, 3.63) is 29.7 Å². The number of aryl methyl sites for hydroxylation is 1. The molecule has 0 amide bonds. The Kier molecular flexibility index (Phi) is 1.90. The Hall–Kier alpha value is -1.64. The zero-order valence-electron chi connectivity index (χ0n) is 9.53. The first-order chi connectivity index (χ1) is 7.68. The highest BCUT2D eigenvalue weighted by Crippen LogP contribution is 2.30. The molecular formula is C13H14N2O. The lowest BCUT2D eigenvalue weighted by Gasteiger charge is -2.06. The molecule has 1 aliphatic heterocycles. The molecule has 3 rings (SSSR count). The highest BCUT2D eigenvalue weighted by molar-refractivity contribution is 6.02. The molecule has 0 aliphatic carbocycles. The number of hydrogen-bond donors (Lipinski definition) is 0. The quantitative estimate of drug-likeness (QED) is 0.731. The molecule has 0 atom stereocenters. The molecular weight excluding hydrogens is 200 g/mol. The number of pyridine rings is 1. The molecule has 0 N–H and O–H groups in total. The van der Waals surface area contributed by atoms with Crippen LogP contribution in [0.2, 0.25) is 0 Å².